The molecule has 0 bridgehead atoms. The minimum atomic E-state index is -0.0322. The summed E-state index contributed by atoms with van der Waals surface area (Å²) in [6, 6.07) is 7.66. The molecule has 1 aliphatic rings. The predicted molar refractivity (Wildman–Crippen MR) is 91.6 cm³/mol. The van der Waals surface area contributed by atoms with E-state index in [1.807, 2.05) is 24.3 Å². The van der Waals surface area contributed by atoms with E-state index >= 15 is 0 Å². The summed E-state index contributed by atoms with van der Waals surface area (Å²) in [5.74, 6) is -0.0322. The van der Waals surface area contributed by atoms with Gasteiger partial charge in [0.25, 0.3) is 0 Å². The van der Waals surface area contributed by atoms with Gasteiger partial charge in [0, 0.05) is 31.7 Å². The van der Waals surface area contributed by atoms with Crippen molar-refractivity contribution in [3.8, 4) is 0 Å². The number of hydrogen-bond donors (Lipinski definition) is 1. The minimum Gasteiger partial charge on any atom is -0.381 e. The van der Waals surface area contributed by atoms with Gasteiger partial charge >= 0.3 is 0 Å². The monoisotopic (exact) mass is 331 g/mol. The standard InChI is InChI=1S/C17H25N5O2/c1-21(2)13-17(7-9-24-10-8-17)12-18-16(23)11-22-15-6-4-3-5-14(15)19-20-22/h3-6H,7-13H2,1-2H3,(H,18,23). The van der Waals surface area contributed by atoms with E-state index in [9.17, 15) is 4.79 Å². The summed E-state index contributed by atoms with van der Waals surface area (Å²) in [6.45, 7) is 3.33. The molecule has 0 spiro atoms. The van der Waals surface area contributed by atoms with Crippen LogP contribution in [0.2, 0.25) is 0 Å². The normalized spacial score (nSPS) is 17.3. The Morgan fingerprint density at radius 3 is 2.83 bits per heavy atom. The lowest BCUT2D eigenvalue weighted by molar-refractivity contribution is -0.122. The first-order valence-electron chi connectivity index (χ1n) is 8.35. The Labute approximate surface area is 142 Å². The Kier molecular flexibility index (Phi) is 5.11. The molecule has 0 unspecified atom stereocenters. The molecule has 1 aromatic carbocycles. The van der Waals surface area contributed by atoms with Crippen molar-refractivity contribution in [2.24, 2.45) is 5.41 Å². The summed E-state index contributed by atoms with van der Waals surface area (Å²) in [7, 11) is 4.14. The first-order chi connectivity index (χ1) is 11.6. The smallest absolute Gasteiger partial charge is 0.241 e. The van der Waals surface area contributed by atoms with Crippen molar-refractivity contribution in [3.63, 3.8) is 0 Å². The van der Waals surface area contributed by atoms with Crippen LogP contribution in [-0.4, -0.2) is 66.2 Å². The molecule has 0 radical (unpaired) electrons. The lowest BCUT2D eigenvalue weighted by Gasteiger charge is -2.39. The summed E-state index contributed by atoms with van der Waals surface area (Å²) < 4.78 is 7.14. The largest absolute Gasteiger partial charge is 0.381 e. The predicted octanol–water partition coefficient (Wildman–Crippen LogP) is 0.906. The molecular weight excluding hydrogens is 306 g/mol. The molecule has 24 heavy (non-hydrogen) atoms. The molecule has 0 atom stereocenters. The average Bonchev–Trinajstić information content (AvgIpc) is 2.97. The number of aromatic nitrogens is 3. The maximum atomic E-state index is 12.4. The topological polar surface area (TPSA) is 72.3 Å². The van der Waals surface area contributed by atoms with Gasteiger partial charge in [-0.1, -0.05) is 17.3 Å². The number of rotatable bonds is 6. The van der Waals surface area contributed by atoms with Crippen LogP contribution in [-0.2, 0) is 16.1 Å². The summed E-state index contributed by atoms with van der Waals surface area (Å²) in [5, 5.41) is 11.2. The van der Waals surface area contributed by atoms with Gasteiger partial charge in [0.1, 0.15) is 12.1 Å². The van der Waals surface area contributed by atoms with Crippen molar-refractivity contribution in [1.29, 1.82) is 0 Å². The van der Waals surface area contributed by atoms with Gasteiger partial charge in [0.2, 0.25) is 5.91 Å². The van der Waals surface area contributed by atoms with Gasteiger partial charge in [-0.25, -0.2) is 4.68 Å². The Balaban J connectivity index is 1.61. The Hall–Kier alpha value is -1.99. The highest BCUT2D eigenvalue weighted by atomic mass is 16.5. The van der Waals surface area contributed by atoms with Crippen LogP contribution < -0.4 is 5.32 Å². The van der Waals surface area contributed by atoms with E-state index < -0.39 is 0 Å². The third-order valence-corrected chi connectivity index (χ3v) is 4.58. The number of hydrogen-bond acceptors (Lipinski definition) is 5. The molecule has 2 heterocycles. The number of fused-ring (bicyclic) bond motifs is 1. The van der Waals surface area contributed by atoms with Crippen LogP contribution in [0.5, 0.6) is 0 Å². The second-order valence-corrected chi connectivity index (χ2v) is 6.86. The third-order valence-electron chi connectivity index (χ3n) is 4.58. The number of nitrogens with one attached hydrogen (secondary N) is 1. The molecule has 1 N–H and O–H groups in total. The number of carbonyl (C=O) groups is 1. The molecule has 1 aromatic heterocycles. The summed E-state index contributed by atoms with van der Waals surface area (Å²) in [5.41, 5.74) is 1.77. The highest BCUT2D eigenvalue weighted by Crippen LogP contribution is 2.30. The molecule has 130 valence electrons. The number of ether oxygens (including phenoxy) is 1. The summed E-state index contributed by atoms with van der Waals surface area (Å²) in [4.78, 5) is 14.6. The second kappa shape index (κ2) is 7.27. The lowest BCUT2D eigenvalue weighted by atomic mass is 9.79. The zero-order valence-corrected chi connectivity index (χ0v) is 14.4. The van der Waals surface area contributed by atoms with E-state index in [1.54, 1.807) is 4.68 Å². The fourth-order valence-electron chi connectivity index (χ4n) is 3.38. The van der Waals surface area contributed by atoms with Crippen molar-refractivity contribution in [3.05, 3.63) is 24.3 Å². The maximum Gasteiger partial charge on any atom is 0.241 e. The number of amides is 1. The van der Waals surface area contributed by atoms with Crippen LogP contribution in [0, 0.1) is 5.41 Å². The molecule has 7 nitrogen and oxygen atoms in total. The molecule has 0 aliphatic carbocycles. The zero-order valence-electron chi connectivity index (χ0n) is 14.4. The van der Waals surface area contributed by atoms with E-state index in [0.717, 1.165) is 43.6 Å². The Bertz CT molecular complexity index is 691. The number of benzene rings is 1. The van der Waals surface area contributed by atoms with Crippen LogP contribution in [0.3, 0.4) is 0 Å². The number of carbonyl (C=O) groups excluding carboxylic acids is 1. The van der Waals surface area contributed by atoms with Crippen molar-refractivity contribution >= 4 is 16.9 Å². The SMILES string of the molecule is CN(C)CC1(CNC(=O)Cn2nnc3ccccc32)CCOCC1. The summed E-state index contributed by atoms with van der Waals surface area (Å²) in [6.07, 6.45) is 1.94. The second-order valence-electron chi connectivity index (χ2n) is 6.86. The van der Waals surface area contributed by atoms with E-state index in [0.29, 0.717) is 6.54 Å². The van der Waals surface area contributed by atoms with E-state index in [1.165, 1.54) is 0 Å². The van der Waals surface area contributed by atoms with Crippen LogP contribution in [0.1, 0.15) is 12.8 Å². The van der Waals surface area contributed by atoms with Crippen LogP contribution in [0.4, 0.5) is 0 Å². The summed E-state index contributed by atoms with van der Waals surface area (Å²) >= 11 is 0. The fourth-order valence-corrected chi connectivity index (χ4v) is 3.38. The van der Waals surface area contributed by atoms with Gasteiger partial charge < -0.3 is 15.0 Å². The van der Waals surface area contributed by atoms with Crippen molar-refractivity contribution in [2.45, 2.75) is 19.4 Å². The van der Waals surface area contributed by atoms with Gasteiger partial charge in [0.15, 0.2) is 0 Å². The number of para-hydroxylation sites is 1. The molecular formula is C17H25N5O2. The average molecular weight is 331 g/mol. The molecule has 1 fully saturated rings. The van der Waals surface area contributed by atoms with Crippen LogP contribution in [0.25, 0.3) is 11.0 Å². The van der Waals surface area contributed by atoms with Crippen molar-refractivity contribution in [2.75, 3.05) is 40.4 Å². The Morgan fingerprint density at radius 1 is 1.33 bits per heavy atom. The van der Waals surface area contributed by atoms with Crippen LogP contribution >= 0.6 is 0 Å². The highest BCUT2D eigenvalue weighted by Gasteiger charge is 2.33. The fraction of sp³-hybridized carbons (Fsp3) is 0.588. The van der Waals surface area contributed by atoms with Crippen molar-refractivity contribution < 1.29 is 9.53 Å². The van der Waals surface area contributed by atoms with Gasteiger partial charge in [-0.3, -0.25) is 4.79 Å². The molecule has 7 heteroatoms. The zero-order chi connectivity index (χ0) is 17.0. The minimum absolute atomic E-state index is 0.0322. The van der Waals surface area contributed by atoms with E-state index in [4.69, 9.17) is 4.74 Å². The molecule has 0 saturated carbocycles. The van der Waals surface area contributed by atoms with E-state index in [-0.39, 0.29) is 17.9 Å². The van der Waals surface area contributed by atoms with Gasteiger partial charge in [-0.05, 0) is 39.1 Å². The Morgan fingerprint density at radius 2 is 2.08 bits per heavy atom. The maximum absolute atomic E-state index is 12.4. The molecule has 1 saturated heterocycles. The first kappa shape index (κ1) is 16.9. The quantitative estimate of drug-likeness (QED) is 0.852. The molecule has 1 aliphatic heterocycles. The van der Waals surface area contributed by atoms with Gasteiger partial charge in [-0.2, -0.15) is 0 Å². The third kappa shape index (κ3) is 3.91. The number of nitrogens with zero attached hydrogens (tertiary/aromatic N) is 4. The first-order valence-corrected chi connectivity index (χ1v) is 8.35. The van der Waals surface area contributed by atoms with Crippen molar-refractivity contribution in [1.82, 2.24) is 25.2 Å². The molecule has 1 amide bonds. The van der Waals surface area contributed by atoms with Gasteiger partial charge in [0.05, 0.1) is 5.52 Å². The van der Waals surface area contributed by atoms with Crippen LogP contribution in [0.15, 0.2) is 24.3 Å². The highest BCUT2D eigenvalue weighted by molar-refractivity contribution is 5.79. The molecule has 3 rings (SSSR count). The van der Waals surface area contributed by atoms with E-state index in [2.05, 4.69) is 34.6 Å². The van der Waals surface area contributed by atoms with Gasteiger partial charge in [-0.15, -0.1) is 5.10 Å². The molecule has 2 aromatic rings. The lowest BCUT2D eigenvalue weighted by Crippen LogP contribution is -2.47.